The zero-order chi connectivity index (χ0) is 20.7. The largest absolute Gasteiger partial charge is 0.493 e. The molecule has 1 aliphatic rings. The SMILES string of the molecule is CCOc1cc2c(cc1/C=C(\C#N)c1nc3sc(C)c(C)c3c(=O)[nH]1)O[C@H](C)C2. The Morgan fingerprint density at radius 2 is 2.28 bits per heavy atom. The molecular weight excluding hydrogens is 386 g/mol. The van der Waals surface area contributed by atoms with Crippen molar-refractivity contribution in [1.82, 2.24) is 9.97 Å². The molecule has 29 heavy (non-hydrogen) atoms. The number of hydrogen-bond acceptors (Lipinski definition) is 6. The van der Waals surface area contributed by atoms with Gasteiger partial charge in [0, 0.05) is 22.4 Å². The zero-order valence-corrected chi connectivity index (χ0v) is 17.6. The molecule has 2 aromatic heterocycles. The fourth-order valence-electron chi connectivity index (χ4n) is 3.54. The van der Waals surface area contributed by atoms with Crippen LogP contribution in [-0.2, 0) is 6.42 Å². The van der Waals surface area contributed by atoms with Gasteiger partial charge in [0.15, 0.2) is 5.82 Å². The summed E-state index contributed by atoms with van der Waals surface area (Å²) in [7, 11) is 0. The van der Waals surface area contributed by atoms with Gasteiger partial charge in [0.05, 0.1) is 17.6 Å². The van der Waals surface area contributed by atoms with E-state index in [1.54, 1.807) is 6.08 Å². The normalized spacial score (nSPS) is 15.8. The number of allylic oxidation sites excluding steroid dienone is 1. The van der Waals surface area contributed by atoms with E-state index in [0.29, 0.717) is 22.6 Å². The van der Waals surface area contributed by atoms with Crippen molar-refractivity contribution in [3.63, 3.8) is 0 Å². The highest BCUT2D eigenvalue weighted by molar-refractivity contribution is 7.18. The van der Waals surface area contributed by atoms with E-state index >= 15 is 0 Å². The number of thiophene rings is 1. The molecule has 0 fully saturated rings. The van der Waals surface area contributed by atoms with Gasteiger partial charge in [-0.3, -0.25) is 4.79 Å². The van der Waals surface area contributed by atoms with Crippen molar-refractivity contribution in [1.29, 1.82) is 5.26 Å². The fourth-order valence-corrected chi connectivity index (χ4v) is 4.57. The van der Waals surface area contributed by atoms with Gasteiger partial charge in [0.2, 0.25) is 0 Å². The lowest BCUT2D eigenvalue weighted by Gasteiger charge is -2.10. The van der Waals surface area contributed by atoms with Crippen LogP contribution >= 0.6 is 11.3 Å². The molecule has 7 heteroatoms. The van der Waals surface area contributed by atoms with Crippen molar-refractivity contribution in [2.45, 2.75) is 40.2 Å². The van der Waals surface area contributed by atoms with Crippen LogP contribution in [0.4, 0.5) is 0 Å². The van der Waals surface area contributed by atoms with Crippen molar-refractivity contribution >= 4 is 33.2 Å². The van der Waals surface area contributed by atoms with Gasteiger partial charge in [-0.1, -0.05) is 0 Å². The van der Waals surface area contributed by atoms with Gasteiger partial charge in [0.25, 0.3) is 5.56 Å². The predicted octanol–water partition coefficient (Wildman–Crippen LogP) is 4.39. The summed E-state index contributed by atoms with van der Waals surface area (Å²) in [4.78, 5) is 21.6. The molecule has 3 heterocycles. The molecule has 0 saturated heterocycles. The maximum atomic E-state index is 12.6. The second-order valence-corrected chi connectivity index (χ2v) is 8.31. The molecule has 1 atom stereocenters. The molecule has 0 aliphatic carbocycles. The zero-order valence-electron chi connectivity index (χ0n) is 16.8. The number of nitrogens with zero attached hydrogens (tertiary/aromatic N) is 2. The molecule has 148 valence electrons. The smallest absolute Gasteiger partial charge is 0.260 e. The highest BCUT2D eigenvalue weighted by Crippen LogP contribution is 2.36. The van der Waals surface area contributed by atoms with Crippen LogP contribution < -0.4 is 15.0 Å². The molecule has 0 spiro atoms. The van der Waals surface area contributed by atoms with Crippen LogP contribution in [0, 0.1) is 25.2 Å². The van der Waals surface area contributed by atoms with Crippen molar-refractivity contribution in [3.05, 3.63) is 49.9 Å². The quantitative estimate of drug-likeness (QED) is 0.648. The van der Waals surface area contributed by atoms with Gasteiger partial charge in [-0.25, -0.2) is 4.98 Å². The van der Waals surface area contributed by atoms with Gasteiger partial charge in [-0.15, -0.1) is 11.3 Å². The number of rotatable bonds is 4. The first kappa shape index (κ1) is 19.2. The molecular formula is C22H21N3O3S. The Kier molecular flexibility index (Phi) is 4.89. The molecule has 1 aromatic carbocycles. The van der Waals surface area contributed by atoms with E-state index in [4.69, 9.17) is 9.47 Å². The van der Waals surface area contributed by atoms with E-state index in [9.17, 15) is 10.1 Å². The van der Waals surface area contributed by atoms with E-state index < -0.39 is 0 Å². The first-order chi connectivity index (χ1) is 13.9. The number of aryl methyl sites for hydroxylation is 2. The number of benzene rings is 1. The minimum absolute atomic E-state index is 0.111. The number of H-pyrrole nitrogens is 1. The number of aromatic amines is 1. The van der Waals surface area contributed by atoms with Crippen LogP contribution in [0.1, 0.15) is 41.2 Å². The summed E-state index contributed by atoms with van der Waals surface area (Å²) in [5, 5.41) is 10.4. The van der Waals surface area contributed by atoms with Gasteiger partial charge in [-0.2, -0.15) is 5.26 Å². The minimum atomic E-state index is -0.232. The molecule has 0 saturated carbocycles. The summed E-state index contributed by atoms with van der Waals surface area (Å²) in [6.45, 7) is 8.31. The Balaban J connectivity index is 1.85. The van der Waals surface area contributed by atoms with E-state index in [1.807, 2.05) is 39.8 Å². The maximum absolute atomic E-state index is 12.6. The maximum Gasteiger partial charge on any atom is 0.260 e. The molecule has 0 bridgehead atoms. The van der Waals surface area contributed by atoms with Crippen molar-refractivity contribution in [2.75, 3.05) is 6.61 Å². The summed E-state index contributed by atoms with van der Waals surface area (Å²) >= 11 is 1.46. The summed E-state index contributed by atoms with van der Waals surface area (Å²) in [5.74, 6) is 1.73. The average Bonchev–Trinajstić information content (AvgIpc) is 3.17. The van der Waals surface area contributed by atoms with E-state index in [1.165, 1.54) is 11.3 Å². The number of nitrogens with one attached hydrogen (secondary N) is 1. The summed E-state index contributed by atoms with van der Waals surface area (Å²) in [5.41, 5.74) is 2.77. The van der Waals surface area contributed by atoms with Gasteiger partial charge >= 0.3 is 0 Å². The first-order valence-electron chi connectivity index (χ1n) is 9.49. The van der Waals surface area contributed by atoms with Crippen LogP contribution in [-0.4, -0.2) is 22.7 Å². The summed E-state index contributed by atoms with van der Waals surface area (Å²) in [6.07, 6.45) is 2.63. The third-order valence-corrected chi connectivity index (χ3v) is 6.14. The van der Waals surface area contributed by atoms with Crippen molar-refractivity contribution in [2.24, 2.45) is 0 Å². The molecule has 0 unspecified atom stereocenters. The van der Waals surface area contributed by atoms with Crippen LogP contribution in [0.5, 0.6) is 11.5 Å². The molecule has 4 rings (SSSR count). The topological polar surface area (TPSA) is 88.0 Å². The molecule has 6 nitrogen and oxygen atoms in total. The van der Waals surface area contributed by atoms with Crippen LogP contribution in [0.3, 0.4) is 0 Å². The second-order valence-electron chi connectivity index (χ2n) is 7.11. The van der Waals surface area contributed by atoms with Gasteiger partial charge in [0.1, 0.15) is 28.5 Å². The van der Waals surface area contributed by atoms with E-state index in [-0.39, 0.29) is 23.1 Å². The number of ether oxygens (including phenoxy) is 2. The lowest BCUT2D eigenvalue weighted by Crippen LogP contribution is -2.11. The Bertz CT molecular complexity index is 1250. The second kappa shape index (κ2) is 7.37. The van der Waals surface area contributed by atoms with Gasteiger partial charge in [-0.05, 0) is 51.5 Å². The lowest BCUT2D eigenvalue weighted by molar-refractivity contribution is 0.254. The highest BCUT2D eigenvalue weighted by Gasteiger charge is 2.22. The molecule has 1 N–H and O–H groups in total. The van der Waals surface area contributed by atoms with Crippen molar-refractivity contribution < 1.29 is 9.47 Å². The van der Waals surface area contributed by atoms with Crippen LogP contribution in [0.15, 0.2) is 16.9 Å². The summed E-state index contributed by atoms with van der Waals surface area (Å²) < 4.78 is 11.6. The van der Waals surface area contributed by atoms with E-state index in [2.05, 4.69) is 16.0 Å². The number of fused-ring (bicyclic) bond motifs is 2. The Morgan fingerprint density at radius 3 is 3.00 bits per heavy atom. The monoisotopic (exact) mass is 407 g/mol. The molecule has 0 amide bonds. The fraction of sp³-hybridized carbons (Fsp3) is 0.318. The number of aromatic nitrogens is 2. The third-order valence-electron chi connectivity index (χ3n) is 5.04. The first-order valence-corrected chi connectivity index (χ1v) is 10.3. The molecule has 3 aromatic rings. The highest BCUT2D eigenvalue weighted by atomic mass is 32.1. The average molecular weight is 407 g/mol. The summed E-state index contributed by atoms with van der Waals surface area (Å²) in [6, 6.07) is 6.02. The molecule has 1 aliphatic heterocycles. The van der Waals surface area contributed by atoms with Crippen molar-refractivity contribution in [3.8, 4) is 17.6 Å². The minimum Gasteiger partial charge on any atom is -0.493 e. The lowest BCUT2D eigenvalue weighted by atomic mass is 10.0. The number of nitriles is 1. The third kappa shape index (κ3) is 3.40. The predicted molar refractivity (Wildman–Crippen MR) is 115 cm³/mol. The van der Waals surface area contributed by atoms with Crippen LogP contribution in [0.25, 0.3) is 21.9 Å². The van der Waals surface area contributed by atoms with E-state index in [0.717, 1.165) is 33.7 Å². The van der Waals surface area contributed by atoms with Gasteiger partial charge < -0.3 is 14.5 Å². The Morgan fingerprint density at radius 1 is 1.48 bits per heavy atom. The molecule has 0 radical (unpaired) electrons. The Labute approximate surface area is 172 Å². The standard InChI is InChI=1S/C22H21N3O3S/c1-5-27-17-8-14-6-11(2)28-18(14)9-15(17)7-16(10-23)20-24-21(26)19-12(3)13(4)29-22(19)25-20/h7-9,11H,5-6H2,1-4H3,(H,24,25,26)/b16-7+/t11-/m1/s1. The van der Waals surface area contributed by atoms with Crippen LogP contribution in [0.2, 0.25) is 0 Å². The number of hydrogen-bond donors (Lipinski definition) is 1. The Hall–Kier alpha value is -3.11.